The third-order valence-corrected chi connectivity index (χ3v) is 3.77. The number of ether oxygens (including phenoxy) is 2. The lowest BCUT2D eigenvalue weighted by molar-refractivity contribution is -0.121. The first kappa shape index (κ1) is 18.9. The molecule has 7 heteroatoms. The van der Waals surface area contributed by atoms with Crippen molar-refractivity contribution in [2.24, 2.45) is 4.99 Å². The van der Waals surface area contributed by atoms with Crippen molar-refractivity contribution in [3.05, 3.63) is 18.2 Å². The van der Waals surface area contributed by atoms with E-state index in [-0.39, 0.29) is 5.91 Å². The summed E-state index contributed by atoms with van der Waals surface area (Å²) >= 11 is 0. The Bertz CT molecular complexity index is 600. The zero-order valence-electron chi connectivity index (χ0n) is 15.2. The lowest BCUT2D eigenvalue weighted by Crippen LogP contribution is -2.32. The van der Waals surface area contributed by atoms with E-state index >= 15 is 0 Å². The van der Waals surface area contributed by atoms with Crippen LogP contribution in [0.3, 0.4) is 0 Å². The minimum Gasteiger partial charge on any atom is -0.493 e. The third-order valence-electron chi connectivity index (χ3n) is 3.77. The van der Waals surface area contributed by atoms with E-state index in [0.29, 0.717) is 43.1 Å². The summed E-state index contributed by atoms with van der Waals surface area (Å²) in [4.78, 5) is 15.8. The van der Waals surface area contributed by atoms with Gasteiger partial charge in [0.15, 0.2) is 17.5 Å². The quantitative estimate of drug-likeness (QED) is 0.362. The molecule has 1 saturated carbocycles. The Morgan fingerprint density at radius 2 is 2.12 bits per heavy atom. The second kappa shape index (κ2) is 9.76. The normalized spacial score (nSPS) is 14.0. The predicted octanol–water partition coefficient (Wildman–Crippen LogP) is 2.14. The van der Waals surface area contributed by atoms with Gasteiger partial charge in [0.2, 0.25) is 5.91 Å². The van der Waals surface area contributed by atoms with Gasteiger partial charge < -0.3 is 25.4 Å². The summed E-state index contributed by atoms with van der Waals surface area (Å²) in [5.74, 6) is 2.15. The number of hydrogen-bond donors (Lipinski definition) is 3. The molecule has 0 aromatic heterocycles. The zero-order chi connectivity index (χ0) is 18.1. The van der Waals surface area contributed by atoms with Crippen LogP contribution in [0.15, 0.2) is 23.2 Å². The molecule has 1 amide bonds. The number of rotatable bonds is 9. The molecule has 1 aromatic rings. The van der Waals surface area contributed by atoms with E-state index in [1.807, 2.05) is 25.1 Å². The predicted molar refractivity (Wildman–Crippen MR) is 99.5 cm³/mol. The highest BCUT2D eigenvalue weighted by Crippen LogP contribution is 2.30. The van der Waals surface area contributed by atoms with Gasteiger partial charge in [-0.1, -0.05) is 0 Å². The highest BCUT2D eigenvalue weighted by atomic mass is 16.5. The molecule has 1 aliphatic carbocycles. The molecule has 7 nitrogen and oxygen atoms in total. The van der Waals surface area contributed by atoms with Crippen LogP contribution in [0, 0.1) is 0 Å². The van der Waals surface area contributed by atoms with Gasteiger partial charge in [-0.2, -0.15) is 0 Å². The van der Waals surface area contributed by atoms with Gasteiger partial charge >= 0.3 is 0 Å². The van der Waals surface area contributed by atoms with Gasteiger partial charge in [-0.15, -0.1) is 0 Å². The van der Waals surface area contributed by atoms with E-state index in [1.165, 1.54) is 0 Å². The van der Waals surface area contributed by atoms with E-state index < -0.39 is 0 Å². The molecule has 0 spiro atoms. The zero-order valence-corrected chi connectivity index (χ0v) is 15.2. The monoisotopic (exact) mass is 348 g/mol. The number of anilines is 1. The Balaban J connectivity index is 1.77. The van der Waals surface area contributed by atoms with Crippen LogP contribution < -0.4 is 25.4 Å². The van der Waals surface area contributed by atoms with Gasteiger partial charge in [-0.05, 0) is 38.3 Å². The number of methoxy groups -OCH3 is 1. The summed E-state index contributed by atoms with van der Waals surface area (Å²) in [6.07, 6.45) is 3.52. The van der Waals surface area contributed by atoms with E-state index in [2.05, 4.69) is 20.9 Å². The maximum Gasteiger partial charge on any atom is 0.220 e. The molecule has 3 N–H and O–H groups in total. The summed E-state index contributed by atoms with van der Waals surface area (Å²) in [6.45, 7) is 3.19. The second-order valence-corrected chi connectivity index (χ2v) is 5.87. The van der Waals surface area contributed by atoms with Crippen LogP contribution in [0.25, 0.3) is 0 Å². The largest absolute Gasteiger partial charge is 0.493 e. The molecule has 0 heterocycles. The number of carbonyl (C=O) groups is 1. The number of amides is 1. The number of aliphatic imine (C=N–C) groups is 1. The molecule has 0 radical (unpaired) electrons. The molecule has 0 saturated heterocycles. The number of hydrogen-bond acceptors (Lipinski definition) is 4. The fraction of sp³-hybridized carbons (Fsp3) is 0.556. The van der Waals surface area contributed by atoms with Gasteiger partial charge in [0.25, 0.3) is 0 Å². The van der Waals surface area contributed by atoms with Crippen molar-refractivity contribution in [2.45, 2.75) is 38.6 Å². The molecule has 1 aliphatic rings. The molecular weight excluding hydrogens is 320 g/mol. The SMILES string of the molecule is CCOc1ccc(NC(=NC)NCCCC(=O)NC2CC2)cc1OC. The summed E-state index contributed by atoms with van der Waals surface area (Å²) in [7, 11) is 3.32. The molecular formula is C18H28N4O3. The van der Waals surface area contributed by atoms with Crippen molar-refractivity contribution in [3.8, 4) is 11.5 Å². The third kappa shape index (κ3) is 6.52. The molecule has 138 valence electrons. The molecule has 0 bridgehead atoms. The van der Waals surface area contributed by atoms with E-state index in [9.17, 15) is 4.79 Å². The lowest BCUT2D eigenvalue weighted by Gasteiger charge is -2.14. The van der Waals surface area contributed by atoms with Crippen molar-refractivity contribution < 1.29 is 14.3 Å². The Kier molecular flexibility index (Phi) is 7.37. The van der Waals surface area contributed by atoms with E-state index in [4.69, 9.17) is 9.47 Å². The molecule has 0 atom stereocenters. The maximum absolute atomic E-state index is 11.6. The van der Waals surface area contributed by atoms with Crippen LogP contribution in [0.1, 0.15) is 32.6 Å². The highest BCUT2D eigenvalue weighted by molar-refractivity contribution is 5.93. The molecule has 0 aliphatic heterocycles. The van der Waals surface area contributed by atoms with E-state index in [0.717, 1.165) is 24.9 Å². The Hall–Kier alpha value is -2.44. The van der Waals surface area contributed by atoms with Gasteiger partial charge in [-0.3, -0.25) is 9.79 Å². The average Bonchev–Trinajstić information content (AvgIpc) is 3.42. The Labute approximate surface area is 149 Å². The number of guanidine groups is 1. The van der Waals surface area contributed by atoms with Crippen molar-refractivity contribution in [2.75, 3.05) is 32.6 Å². The Morgan fingerprint density at radius 3 is 2.76 bits per heavy atom. The van der Waals surface area contributed by atoms with Crippen molar-refractivity contribution in [3.63, 3.8) is 0 Å². The van der Waals surface area contributed by atoms with Crippen molar-refractivity contribution >= 4 is 17.6 Å². The first-order chi connectivity index (χ1) is 12.2. The highest BCUT2D eigenvalue weighted by Gasteiger charge is 2.22. The van der Waals surface area contributed by atoms with Crippen LogP contribution >= 0.6 is 0 Å². The standard InChI is InChI=1S/C18H28N4O3/c1-4-25-15-10-9-14(12-16(15)24-3)22-18(19-2)20-11-5-6-17(23)21-13-7-8-13/h9-10,12-13H,4-8,11H2,1-3H3,(H,21,23)(H2,19,20,22). The van der Waals surface area contributed by atoms with Gasteiger partial charge in [0.05, 0.1) is 13.7 Å². The maximum atomic E-state index is 11.6. The first-order valence-electron chi connectivity index (χ1n) is 8.74. The molecule has 0 unspecified atom stereocenters. The molecule has 1 fully saturated rings. The molecule has 1 aromatic carbocycles. The average molecular weight is 348 g/mol. The van der Waals surface area contributed by atoms with Crippen molar-refractivity contribution in [1.82, 2.24) is 10.6 Å². The Morgan fingerprint density at radius 1 is 1.32 bits per heavy atom. The van der Waals surface area contributed by atoms with Gasteiger partial charge in [0, 0.05) is 37.8 Å². The summed E-state index contributed by atoms with van der Waals surface area (Å²) in [5, 5.41) is 9.40. The second-order valence-electron chi connectivity index (χ2n) is 5.87. The first-order valence-corrected chi connectivity index (χ1v) is 8.74. The van der Waals surface area contributed by atoms with E-state index in [1.54, 1.807) is 14.2 Å². The van der Waals surface area contributed by atoms with Gasteiger partial charge in [0.1, 0.15) is 0 Å². The number of nitrogens with one attached hydrogen (secondary N) is 3. The molecule has 25 heavy (non-hydrogen) atoms. The van der Waals surface area contributed by atoms with Crippen LogP contribution in [-0.4, -0.2) is 45.2 Å². The number of benzene rings is 1. The van der Waals surface area contributed by atoms with Crippen LogP contribution in [-0.2, 0) is 4.79 Å². The lowest BCUT2D eigenvalue weighted by atomic mass is 10.2. The topological polar surface area (TPSA) is 84.0 Å². The van der Waals surface area contributed by atoms with Crippen molar-refractivity contribution in [1.29, 1.82) is 0 Å². The minimum absolute atomic E-state index is 0.128. The summed E-state index contributed by atoms with van der Waals surface area (Å²) < 4.78 is 10.9. The fourth-order valence-corrected chi connectivity index (χ4v) is 2.32. The van der Waals surface area contributed by atoms with Crippen LogP contribution in [0.5, 0.6) is 11.5 Å². The summed E-state index contributed by atoms with van der Waals surface area (Å²) in [6, 6.07) is 6.05. The molecule has 2 rings (SSSR count). The smallest absolute Gasteiger partial charge is 0.220 e. The number of nitrogens with zero attached hydrogens (tertiary/aromatic N) is 1. The fourth-order valence-electron chi connectivity index (χ4n) is 2.32. The minimum atomic E-state index is 0.128. The van der Waals surface area contributed by atoms with Crippen LogP contribution in [0.4, 0.5) is 5.69 Å². The summed E-state index contributed by atoms with van der Waals surface area (Å²) in [5.41, 5.74) is 0.847. The van der Waals surface area contributed by atoms with Gasteiger partial charge in [-0.25, -0.2) is 0 Å². The van der Waals surface area contributed by atoms with Crippen LogP contribution in [0.2, 0.25) is 0 Å². The number of carbonyl (C=O) groups excluding carboxylic acids is 1.